The molecule has 2 aliphatic carbocycles. The highest BCUT2D eigenvalue weighted by Gasteiger charge is 2.37. The molecule has 3 nitrogen and oxygen atoms in total. The van der Waals surface area contributed by atoms with Crippen molar-refractivity contribution in [3.63, 3.8) is 0 Å². The van der Waals surface area contributed by atoms with Crippen LogP contribution in [0.4, 0.5) is 0 Å². The Hall–Kier alpha value is -1.09. The number of rotatable bonds is 4. The van der Waals surface area contributed by atoms with Gasteiger partial charge in [-0.05, 0) is 37.7 Å². The van der Waals surface area contributed by atoms with Crippen molar-refractivity contribution in [2.75, 3.05) is 6.54 Å². The van der Waals surface area contributed by atoms with Gasteiger partial charge >= 0.3 is 0 Å². The van der Waals surface area contributed by atoms with E-state index in [0.29, 0.717) is 16.6 Å². The first-order chi connectivity index (χ1) is 8.25. The summed E-state index contributed by atoms with van der Waals surface area (Å²) >= 11 is 6.05. The van der Waals surface area contributed by atoms with Gasteiger partial charge in [0.2, 0.25) is 0 Å². The third-order valence-electron chi connectivity index (χ3n) is 3.40. The fourth-order valence-electron chi connectivity index (χ4n) is 2.05. The molecule has 1 amide bonds. The van der Waals surface area contributed by atoms with Crippen molar-refractivity contribution in [1.29, 1.82) is 0 Å². The van der Waals surface area contributed by atoms with Gasteiger partial charge in [0, 0.05) is 25.0 Å². The molecule has 0 saturated heterocycles. The minimum absolute atomic E-state index is 0.0532. The van der Waals surface area contributed by atoms with Crippen molar-refractivity contribution in [1.82, 2.24) is 9.88 Å². The van der Waals surface area contributed by atoms with Crippen LogP contribution in [0.1, 0.15) is 36.0 Å². The third kappa shape index (κ3) is 2.44. The van der Waals surface area contributed by atoms with Gasteiger partial charge in [0.25, 0.3) is 5.91 Å². The highest BCUT2D eigenvalue weighted by atomic mass is 35.5. The molecule has 17 heavy (non-hydrogen) atoms. The van der Waals surface area contributed by atoms with E-state index in [-0.39, 0.29) is 5.91 Å². The average Bonchev–Trinajstić information content (AvgIpc) is 3.17. The highest BCUT2D eigenvalue weighted by Crippen LogP contribution is 2.36. The Bertz CT molecular complexity index is 441. The molecule has 0 N–H and O–H groups in total. The molecular formula is C13H15ClN2O. The largest absolute Gasteiger partial charge is 0.335 e. The summed E-state index contributed by atoms with van der Waals surface area (Å²) in [6, 6.07) is 2.12. The number of hydrogen-bond acceptors (Lipinski definition) is 2. The molecule has 0 spiro atoms. The zero-order valence-corrected chi connectivity index (χ0v) is 10.4. The smallest absolute Gasteiger partial charge is 0.257 e. The second-order valence-corrected chi connectivity index (χ2v) is 5.39. The summed E-state index contributed by atoms with van der Waals surface area (Å²) in [4.78, 5) is 18.4. The molecule has 0 aliphatic heterocycles. The van der Waals surface area contributed by atoms with E-state index < -0.39 is 0 Å². The van der Waals surface area contributed by atoms with Crippen LogP contribution in [0.15, 0.2) is 18.5 Å². The molecule has 2 saturated carbocycles. The Morgan fingerprint density at radius 3 is 2.76 bits per heavy atom. The molecule has 1 heterocycles. The minimum Gasteiger partial charge on any atom is -0.335 e. The number of amides is 1. The Morgan fingerprint density at radius 1 is 1.41 bits per heavy atom. The molecule has 3 rings (SSSR count). The molecule has 0 radical (unpaired) electrons. The van der Waals surface area contributed by atoms with E-state index in [1.807, 2.05) is 4.90 Å². The molecule has 2 fully saturated rings. The van der Waals surface area contributed by atoms with Gasteiger partial charge in [0.1, 0.15) is 0 Å². The topological polar surface area (TPSA) is 33.2 Å². The number of carbonyl (C=O) groups is 1. The van der Waals surface area contributed by atoms with Crippen LogP contribution in [0, 0.1) is 5.92 Å². The van der Waals surface area contributed by atoms with Crippen LogP contribution in [0.3, 0.4) is 0 Å². The minimum atomic E-state index is 0.0532. The summed E-state index contributed by atoms with van der Waals surface area (Å²) in [6.07, 6.45) is 7.98. The first-order valence-electron chi connectivity index (χ1n) is 6.16. The monoisotopic (exact) mass is 250 g/mol. The molecule has 1 aromatic heterocycles. The zero-order chi connectivity index (χ0) is 11.8. The molecule has 4 heteroatoms. The maximum atomic E-state index is 12.4. The molecule has 2 aliphatic rings. The van der Waals surface area contributed by atoms with Crippen molar-refractivity contribution >= 4 is 17.5 Å². The van der Waals surface area contributed by atoms with Gasteiger partial charge in [-0.2, -0.15) is 0 Å². The van der Waals surface area contributed by atoms with E-state index in [2.05, 4.69) is 4.98 Å². The number of hydrogen-bond donors (Lipinski definition) is 0. The van der Waals surface area contributed by atoms with Gasteiger partial charge in [-0.3, -0.25) is 9.78 Å². The number of pyridine rings is 1. The van der Waals surface area contributed by atoms with Crippen LogP contribution in [0.2, 0.25) is 5.02 Å². The fraction of sp³-hybridized carbons (Fsp3) is 0.538. The summed E-state index contributed by atoms with van der Waals surface area (Å²) in [6.45, 7) is 0.898. The van der Waals surface area contributed by atoms with E-state index in [0.717, 1.165) is 25.3 Å². The van der Waals surface area contributed by atoms with Crippen LogP contribution in [0.25, 0.3) is 0 Å². The highest BCUT2D eigenvalue weighted by molar-refractivity contribution is 6.33. The van der Waals surface area contributed by atoms with Crippen molar-refractivity contribution in [2.45, 2.75) is 31.7 Å². The maximum Gasteiger partial charge on any atom is 0.257 e. The van der Waals surface area contributed by atoms with Crippen LogP contribution in [-0.4, -0.2) is 28.4 Å². The van der Waals surface area contributed by atoms with Crippen LogP contribution >= 0.6 is 11.6 Å². The van der Waals surface area contributed by atoms with Crippen molar-refractivity contribution in [3.8, 4) is 0 Å². The van der Waals surface area contributed by atoms with Crippen molar-refractivity contribution < 1.29 is 4.79 Å². The lowest BCUT2D eigenvalue weighted by atomic mass is 10.2. The SMILES string of the molecule is O=C(c1cnccc1Cl)N(CC1CC1)C1CC1. The quantitative estimate of drug-likeness (QED) is 0.823. The Kier molecular flexibility index (Phi) is 2.79. The first kappa shape index (κ1) is 11.0. The molecule has 0 unspecified atom stereocenters. The van der Waals surface area contributed by atoms with E-state index in [1.165, 1.54) is 12.8 Å². The number of halogens is 1. The summed E-state index contributed by atoms with van der Waals surface area (Å²) in [5, 5.41) is 0.506. The third-order valence-corrected chi connectivity index (χ3v) is 3.73. The number of carbonyl (C=O) groups excluding carboxylic acids is 1. The normalized spacial score (nSPS) is 19.1. The average molecular weight is 251 g/mol. The first-order valence-corrected chi connectivity index (χ1v) is 6.54. The van der Waals surface area contributed by atoms with Gasteiger partial charge < -0.3 is 4.90 Å². The molecule has 0 aromatic carbocycles. The maximum absolute atomic E-state index is 12.4. The van der Waals surface area contributed by atoms with Gasteiger partial charge in [-0.25, -0.2) is 0 Å². The van der Waals surface area contributed by atoms with Crippen LogP contribution in [-0.2, 0) is 0 Å². The Morgan fingerprint density at radius 2 is 2.18 bits per heavy atom. The summed E-state index contributed by atoms with van der Waals surface area (Å²) in [5.74, 6) is 0.771. The number of aromatic nitrogens is 1. The summed E-state index contributed by atoms with van der Waals surface area (Å²) in [7, 11) is 0. The second-order valence-electron chi connectivity index (χ2n) is 4.99. The summed E-state index contributed by atoms with van der Waals surface area (Å²) < 4.78 is 0. The summed E-state index contributed by atoms with van der Waals surface area (Å²) in [5.41, 5.74) is 0.543. The standard InChI is InChI=1S/C13H15ClN2O/c14-12-5-6-15-7-11(12)13(17)16(10-3-4-10)8-9-1-2-9/h5-7,9-10H,1-4,8H2. The second kappa shape index (κ2) is 4.30. The Balaban J connectivity index is 1.80. The van der Waals surface area contributed by atoms with Crippen LogP contribution in [0.5, 0.6) is 0 Å². The lowest BCUT2D eigenvalue weighted by Gasteiger charge is -2.22. The van der Waals surface area contributed by atoms with Crippen LogP contribution < -0.4 is 0 Å². The van der Waals surface area contributed by atoms with E-state index in [1.54, 1.807) is 18.5 Å². The van der Waals surface area contributed by atoms with E-state index >= 15 is 0 Å². The van der Waals surface area contributed by atoms with E-state index in [9.17, 15) is 4.79 Å². The molecule has 1 aromatic rings. The molecular weight excluding hydrogens is 236 g/mol. The predicted molar refractivity (Wildman–Crippen MR) is 66.0 cm³/mol. The Labute approximate surface area is 106 Å². The zero-order valence-electron chi connectivity index (χ0n) is 9.60. The fourth-order valence-corrected chi connectivity index (χ4v) is 2.24. The van der Waals surface area contributed by atoms with Gasteiger partial charge in [-0.1, -0.05) is 11.6 Å². The predicted octanol–water partition coefficient (Wildman–Crippen LogP) is 2.75. The van der Waals surface area contributed by atoms with Crippen molar-refractivity contribution in [3.05, 3.63) is 29.0 Å². The van der Waals surface area contributed by atoms with Gasteiger partial charge in [-0.15, -0.1) is 0 Å². The van der Waals surface area contributed by atoms with E-state index in [4.69, 9.17) is 11.6 Å². The molecule has 0 atom stereocenters. The van der Waals surface area contributed by atoms with Crippen molar-refractivity contribution in [2.24, 2.45) is 5.92 Å². The molecule has 90 valence electrons. The number of nitrogens with zero attached hydrogens (tertiary/aromatic N) is 2. The van der Waals surface area contributed by atoms with Gasteiger partial charge in [0.05, 0.1) is 10.6 Å². The molecule has 0 bridgehead atoms. The lowest BCUT2D eigenvalue weighted by Crippen LogP contribution is -2.35. The van der Waals surface area contributed by atoms with Gasteiger partial charge in [0.15, 0.2) is 0 Å². The lowest BCUT2D eigenvalue weighted by molar-refractivity contribution is 0.0734.